The molecule has 0 atom stereocenters. The lowest BCUT2D eigenvalue weighted by atomic mass is 10.0. The Labute approximate surface area is 97.4 Å². The molecule has 0 fully saturated rings. The molecule has 17 heavy (non-hydrogen) atoms. The molecule has 0 spiro atoms. The third kappa shape index (κ3) is 1.57. The largest absolute Gasteiger partial charge is 0.478 e. The van der Waals surface area contributed by atoms with Crippen LogP contribution in [0.1, 0.15) is 15.9 Å². The Morgan fingerprint density at radius 3 is 3.12 bits per heavy atom. The second-order valence-corrected chi connectivity index (χ2v) is 3.82. The normalized spacial score (nSPS) is 16.7. The van der Waals surface area contributed by atoms with Crippen LogP contribution in [-0.4, -0.2) is 17.6 Å². The Bertz CT molecular complexity index is 561. The van der Waals surface area contributed by atoms with Crippen LogP contribution < -0.4 is 15.6 Å². The van der Waals surface area contributed by atoms with Crippen LogP contribution in [0, 0.1) is 0 Å². The molecule has 0 bridgehead atoms. The molecule has 0 amide bonds. The van der Waals surface area contributed by atoms with Crippen molar-refractivity contribution in [3.8, 4) is 5.75 Å². The quantitative estimate of drug-likeness (QED) is 0.674. The number of hydrogen-bond acceptors (Lipinski definition) is 4. The highest BCUT2D eigenvalue weighted by Gasteiger charge is 2.20. The number of carboxylic acids is 1. The zero-order valence-corrected chi connectivity index (χ0v) is 8.86. The molecule has 0 aromatic heterocycles. The number of carbonyl (C=O) groups is 1. The topological polar surface area (TPSA) is 70.6 Å². The molecule has 0 saturated heterocycles. The van der Waals surface area contributed by atoms with Gasteiger partial charge in [-0.2, -0.15) is 0 Å². The first-order chi connectivity index (χ1) is 8.25. The van der Waals surface area contributed by atoms with Crippen LogP contribution in [0.4, 0.5) is 0 Å². The number of rotatable bonds is 1. The molecule has 2 aliphatic rings. The van der Waals surface area contributed by atoms with Gasteiger partial charge in [-0.3, -0.25) is 0 Å². The number of carboxylic acid groups (broad SMARTS) is 1. The second-order valence-electron chi connectivity index (χ2n) is 3.82. The fourth-order valence-electron chi connectivity index (χ4n) is 1.93. The Balaban J connectivity index is 2.18. The zero-order chi connectivity index (χ0) is 11.8. The van der Waals surface area contributed by atoms with Gasteiger partial charge in [0.1, 0.15) is 5.75 Å². The van der Waals surface area contributed by atoms with E-state index in [1.54, 1.807) is 18.4 Å². The van der Waals surface area contributed by atoms with E-state index in [-0.39, 0.29) is 5.56 Å². The number of nitrogens with one attached hydrogen (secondary N) is 2. The van der Waals surface area contributed by atoms with Crippen molar-refractivity contribution in [1.82, 2.24) is 10.9 Å². The van der Waals surface area contributed by atoms with Crippen LogP contribution in [0.15, 0.2) is 36.1 Å². The standard InChI is InChI=1S/C12H10N2O3/c15-12(16)7-1-2-10-9(5-7)11-8(3-4-17-10)6-13-14-11/h1-5,13-14H,6H2,(H,15,16). The molecular weight excluding hydrogens is 220 g/mol. The lowest BCUT2D eigenvalue weighted by molar-refractivity contribution is 0.0697. The van der Waals surface area contributed by atoms with E-state index in [0.717, 1.165) is 16.8 Å². The van der Waals surface area contributed by atoms with Gasteiger partial charge in [-0.05, 0) is 29.8 Å². The lowest BCUT2D eigenvalue weighted by Crippen LogP contribution is -2.23. The first-order valence-corrected chi connectivity index (χ1v) is 5.18. The van der Waals surface area contributed by atoms with E-state index in [2.05, 4.69) is 10.9 Å². The molecule has 1 aromatic rings. The van der Waals surface area contributed by atoms with Crippen molar-refractivity contribution >= 4 is 11.7 Å². The summed E-state index contributed by atoms with van der Waals surface area (Å²) in [4.78, 5) is 11.0. The predicted octanol–water partition coefficient (Wildman–Crippen LogP) is 1.11. The van der Waals surface area contributed by atoms with Crippen molar-refractivity contribution in [1.29, 1.82) is 0 Å². The maximum atomic E-state index is 11.0. The fraction of sp³-hybridized carbons (Fsp3) is 0.0833. The maximum Gasteiger partial charge on any atom is 0.335 e. The van der Waals surface area contributed by atoms with Crippen molar-refractivity contribution in [2.24, 2.45) is 0 Å². The first-order valence-electron chi connectivity index (χ1n) is 5.18. The smallest absolute Gasteiger partial charge is 0.335 e. The number of fused-ring (bicyclic) bond motifs is 2. The summed E-state index contributed by atoms with van der Waals surface area (Å²) < 4.78 is 5.44. The minimum Gasteiger partial charge on any atom is -0.478 e. The lowest BCUT2D eigenvalue weighted by Gasteiger charge is -2.10. The molecule has 5 nitrogen and oxygen atoms in total. The van der Waals surface area contributed by atoms with E-state index in [0.29, 0.717) is 12.3 Å². The van der Waals surface area contributed by atoms with E-state index in [1.165, 1.54) is 6.07 Å². The van der Waals surface area contributed by atoms with Gasteiger partial charge >= 0.3 is 5.97 Å². The molecule has 0 unspecified atom stereocenters. The van der Waals surface area contributed by atoms with Crippen molar-refractivity contribution in [3.63, 3.8) is 0 Å². The Kier molecular flexibility index (Phi) is 2.12. The van der Waals surface area contributed by atoms with Gasteiger partial charge in [0.05, 0.1) is 17.5 Å². The van der Waals surface area contributed by atoms with Crippen LogP contribution in [-0.2, 0) is 0 Å². The minimum atomic E-state index is -0.946. The molecule has 2 heterocycles. The first kappa shape index (κ1) is 9.92. The van der Waals surface area contributed by atoms with Crippen molar-refractivity contribution in [3.05, 3.63) is 47.2 Å². The molecule has 2 aliphatic heterocycles. The van der Waals surface area contributed by atoms with E-state index in [4.69, 9.17) is 9.84 Å². The van der Waals surface area contributed by atoms with Crippen LogP contribution >= 0.6 is 0 Å². The number of benzene rings is 1. The van der Waals surface area contributed by atoms with Gasteiger partial charge in [0, 0.05) is 12.1 Å². The van der Waals surface area contributed by atoms with Gasteiger partial charge < -0.3 is 15.3 Å². The van der Waals surface area contributed by atoms with Crippen LogP contribution in [0.5, 0.6) is 5.75 Å². The number of hydrazine groups is 1. The summed E-state index contributed by atoms with van der Waals surface area (Å²) in [6.07, 6.45) is 3.47. The highest BCUT2D eigenvalue weighted by molar-refractivity contribution is 5.90. The van der Waals surface area contributed by atoms with Gasteiger partial charge in [0.25, 0.3) is 0 Å². The summed E-state index contributed by atoms with van der Waals surface area (Å²) in [5, 5.41) is 8.99. The molecule has 0 saturated carbocycles. The van der Waals surface area contributed by atoms with E-state index in [1.807, 2.05) is 6.08 Å². The van der Waals surface area contributed by atoms with Gasteiger partial charge in [0.15, 0.2) is 0 Å². The number of aromatic carboxylic acids is 1. The average molecular weight is 230 g/mol. The predicted molar refractivity (Wildman–Crippen MR) is 61.2 cm³/mol. The van der Waals surface area contributed by atoms with Gasteiger partial charge in [0.2, 0.25) is 0 Å². The van der Waals surface area contributed by atoms with E-state index in [9.17, 15) is 4.79 Å². The summed E-state index contributed by atoms with van der Waals surface area (Å²) in [5.41, 5.74) is 8.95. The van der Waals surface area contributed by atoms with Crippen molar-refractivity contribution < 1.29 is 14.6 Å². The Morgan fingerprint density at radius 1 is 1.41 bits per heavy atom. The van der Waals surface area contributed by atoms with Crippen LogP contribution in [0.25, 0.3) is 5.70 Å². The second kappa shape index (κ2) is 3.64. The monoisotopic (exact) mass is 230 g/mol. The molecule has 0 aliphatic carbocycles. The highest BCUT2D eigenvalue weighted by atomic mass is 16.5. The number of ether oxygens (including phenoxy) is 1. The summed E-state index contributed by atoms with van der Waals surface area (Å²) in [6.45, 7) is 0.686. The highest BCUT2D eigenvalue weighted by Crippen LogP contribution is 2.31. The van der Waals surface area contributed by atoms with Gasteiger partial charge in [-0.25, -0.2) is 10.2 Å². The molecule has 5 heteroatoms. The molecule has 0 radical (unpaired) electrons. The minimum absolute atomic E-state index is 0.245. The van der Waals surface area contributed by atoms with E-state index < -0.39 is 5.97 Å². The Hall–Kier alpha value is -2.27. The average Bonchev–Trinajstić information content (AvgIpc) is 2.71. The van der Waals surface area contributed by atoms with Gasteiger partial charge in [-0.1, -0.05) is 0 Å². The third-order valence-corrected chi connectivity index (χ3v) is 2.77. The number of hydrogen-bond donors (Lipinski definition) is 3. The molecule has 1 aromatic carbocycles. The molecule has 3 N–H and O–H groups in total. The fourth-order valence-corrected chi connectivity index (χ4v) is 1.93. The van der Waals surface area contributed by atoms with Crippen molar-refractivity contribution in [2.45, 2.75) is 0 Å². The van der Waals surface area contributed by atoms with E-state index >= 15 is 0 Å². The summed E-state index contributed by atoms with van der Waals surface area (Å²) in [7, 11) is 0. The maximum absolute atomic E-state index is 11.0. The zero-order valence-electron chi connectivity index (χ0n) is 8.86. The molecule has 86 valence electrons. The third-order valence-electron chi connectivity index (χ3n) is 2.77. The van der Waals surface area contributed by atoms with Crippen LogP contribution in [0.2, 0.25) is 0 Å². The van der Waals surface area contributed by atoms with Crippen molar-refractivity contribution in [2.75, 3.05) is 6.54 Å². The molecular formula is C12H10N2O3. The Morgan fingerprint density at radius 2 is 2.29 bits per heavy atom. The van der Waals surface area contributed by atoms with Crippen LogP contribution in [0.3, 0.4) is 0 Å². The summed E-state index contributed by atoms with van der Waals surface area (Å²) >= 11 is 0. The SMILES string of the molecule is O=C(O)c1ccc2c(c1)C1=C(C=CO2)CNN1. The summed E-state index contributed by atoms with van der Waals surface area (Å²) in [6, 6.07) is 4.81. The summed E-state index contributed by atoms with van der Waals surface area (Å²) in [5.74, 6) is -0.300. The van der Waals surface area contributed by atoms with Gasteiger partial charge in [-0.15, -0.1) is 0 Å². The molecule has 3 rings (SSSR count).